The van der Waals surface area contributed by atoms with Gasteiger partial charge in [-0.15, -0.1) is 12.4 Å². The Morgan fingerprint density at radius 3 is 2.32 bits per heavy atom. The second kappa shape index (κ2) is 9.53. The highest BCUT2D eigenvalue weighted by Gasteiger charge is 2.28. The van der Waals surface area contributed by atoms with Crippen LogP contribution in [0.1, 0.15) is 0 Å². The van der Waals surface area contributed by atoms with E-state index in [1.807, 2.05) is 18.2 Å². The molecule has 0 amide bonds. The summed E-state index contributed by atoms with van der Waals surface area (Å²) in [7, 11) is 3.35. The summed E-state index contributed by atoms with van der Waals surface area (Å²) in [6, 6.07) is 10.1. The van der Waals surface area contributed by atoms with Gasteiger partial charge in [0.15, 0.2) is 12.5 Å². The minimum atomic E-state index is -0.188. The lowest BCUT2D eigenvalue weighted by Crippen LogP contribution is -2.51. The fraction of sp³-hybridized carbons (Fsp3) is 0.500. The number of para-hydroxylation sites is 1. The van der Waals surface area contributed by atoms with Gasteiger partial charge in [0.2, 0.25) is 0 Å². The molecule has 106 valence electrons. The maximum atomic E-state index is 6.00. The molecule has 1 heterocycles. The zero-order valence-corrected chi connectivity index (χ0v) is 11.7. The Kier molecular flexibility index (Phi) is 8.83. The van der Waals surface area contributed by atoms with Crippen molar-refractivity contribution in [2.24, 2.45) is 0 Å². The summed E-state index contributed by atoms with van der Waals surface area (Å²) in [5, 5.41) is 12.0. The Morgan fingerprint density at radius 1 is 1.16 bits per heavy atom. The average molecular weight is 288 g/mol. The van der Waals surface area contributed by atoms with Gasteiger partial charge in [0.25, 0.3) is 0 Å². The van der Waals surface area contributed by atoms with E-state index in [-0.39, 0.29) is 24.9 Å². The number of anilines is 1. The predicted octanol–water partition coefficient (Wildman–Crippen LogP) is 1.92. The maximum absolute atomic E-state index is 6.00. The fourth-order valence-electron chi connectivity index (χ4n) is 1.84. The van der Waals surface area contributed by atoms with Crippen LogP contribution in [0, 0.1) is 10.8 Å². The van der Waals surface area contributed by atoms with Crippen LogP contribution in [-0.2, 0) is 14.2 Å². The number of hydrogen-bond acceptors (Lipinski definition) is 6. The molecule has 19 heavy (non-hydrogen) atoms. The van der Waals surface area contributed by atoms with Crippen molar-refractivity contribution in [3.8, 4) is 0 Å². The van der Waals surface area contributed by atoms with Gasteiger partial charge in [0, 0.05) is 30.7 Å². The molecule has 0 N–H and O–H groups in total. The Labute approximate surface area is 119 Å². The molecule has 7 heteroatoms. The Morgan fingerprint density at radius 2 is 1.79 bits per heavy atom. The first kappa shape index (κ1) is 17.6. The molecular weight excluding hydrogens is 270 g/mol. The zero-order valence-electron chi connectivity index (χ0n) is 10.9. The quantitative estimate of drug-likeness (QED) is 0.790. The molecule has 6 nitrogen and oxygen atoms in total. The highest BCUT2D eigenvalue weighted by molar-refractivity contribution is 5.85. The summed E-state index contributed by atoms with van der Waals surface area (Å²) in [6.07, 6.45) is -0.236. The third-order valence-electron chi connectivity index (χ3n) is 2.74. The van der Waals surface area contributed by atoms with Crippen LogP contribution in [0.4, 0.5) is 5.69 Å². The highest BCUT2D eigenvalue weighted by Crippen LogP contribution is 2.21. The minimum Gasteiger partial charge on any atom is -0.359 e. The third kappa shape index (κ3) is 4.65. The molecule has 1 aliphatic rings. The first-order chi connectivity index (χ1) is 8.85. The van der Waals surface area contributed by atoms with E-state index in [0.29, 0.717) is 13.2 Å². The first-order valence-corrected chi connectivity index (χ1v) is 5.54. The lowest BCUT2D eigenvalue weighted by Gasteiger charge is -2.39. The van der Waals surface area contributed by atoms with Gasteiger partial charge in [0.05, 0.1) is 13.2 Å². The van der Waals surface area contributed by atoms with Crippen molar-refractivity contribution < 1.29 is 14.2 Å². The summed E-state index contributed by atoms with van der Waals surface area (Å²) in [5.74, 6) is 0. The molecule has 1 aliphatic heterocycles. The molecule has 0 aliphatic carbocycles. The molecule has 0 spiro atoms. The Hall–Kier alpha value is -1.39. The first-order valence-electron chi connectivity index (χ1n) is 5.54. The molecule has 2 rings (SSSR count). The SMILES string of the molecule is COC1CN(c2ccccc2)C(OC)CO1.Cl.N#N. The summed E-state index contributed by atoms with van der Waals surface area (Å²) in [6.45, 7) is 1.20. The van der Waals surface area contributed by atoms with E-state index in [1.54, 1.807) is 14.2 Å². The Bertz CT molecular complexity index is 364. The number of rotatable bonds is 3. The molecule has 0 saturated carbocycles. The standard InChI is InChI=1S/C12H17NO3.ClH.N2/c1-14-11-9-16-12(15-2)8-13(11)10-6-4-3-5-7-10;;1-2/h3-7,11-12H,8-9H2,1-2H3;1H;. The third-order valence-corrected chi connectivity index (χ3v) is 2.74. The topological polar surface area (TPSA) is 78.5 Å². The van der Waals surface area contributed by atoms with Crippen molar-refractivity contribution in [2.75, 3.05) is 32.3 Å². The van der Waals surface area contributed by atoms with Gasteiger partial charge in [-0.2, -0.15) is 0 Å². The molecule has 1 saturated heterocycles. The summed E-state index contributed by atoms with van der Waals surface area (Å²) in [4.78, 5) is 2.15. The van der Waals surface area contributed by atoms with Gasteiger partial charge in [-0.05, 0) is 12.1 Å². The van der Waals surface area contributed by atoms with Crippen molar-refractivity contribution in [3.63, 3.8) is 0 Å². The minimum absolute atomic E-state index is 0. The van der Waals surface area contributed by atoms with Crippen molar-refractivity contribution in [3.05, 3.63) is 30.3 Å². The van der Waals surface area contributed by atoms with Gasteiger partial charge >= 0.3 is 0 Å². The molecule has 2 unspecified atom stereocenters. The second-order valence-corrected chi connectivity index (χ2v) is 3.68. The number of nitrogens with zero attached hydrogens (tertiary/aromatic N) is 3. The van der Waals surface area contributed by atoms with E-state index in [2.05, 4.69) is 17.0 Å². The van der Waals surface area contributed by atoms with Crippen LogP contribution in [0.2, 0.25) is 0 Å². The van der Waals surface area contributed by atoms with Crippen LogP contribution in [-0.4, -0.2) is 39.9 Å². The summed E-state index contributed by atoms with van der Waals surface area (Å²) < 4.78 is 16.1. The second-order valence-electron chi connectivity index (χ2n) is 3.68. The Balaban J connectivity index is 0.00000103. The molecule has 1 aromatic rings. The molecular formula is C12H18ClN3O3. The van der Waals surface area contributed by atoms with Gasteiger partial charge in [0.1, 0.15) is 0 Å². The normalized spacial score (nSPS) is 21.8. The number of methoxy groups -OCH3 is 2. The molecule has 2 atom stereocenters. The smallest absolute Gasteiger partial charge is 0.174 e. The number of morpholine rings is 1. The summed E-state index contributed by atoms with van der Waals surface area (Å²) in [5.41, 5.74) is 1.12. The molecule has 1 fully saturated rings. The van der Waals surface area contributed by atoms with E-state index in [9.17, 15) is 0 Å². The van der Waals surface area contributed by atoms with Gasteiger partial charge in [-0.3, -0.25) is 0 Å². The van der Waals surface area contributed by atoms with Crippen LogP contribution in [0.25, 0.3) is 0 Å². The zero-order chi connectivity index (χ0) is 13.4. The van der Waals surface area contributed by atoms with E-state index in [0.717, 1.165) is 5.69 Å². The predicted molar refractivity (Wildman–Crippen MR) is 72.0 cm³/mol. The van der Waals surface area contributed by atoms with Crippen molar-refractivity contribution in [2.45, 2.75) is 12.5 Å². The number of hydrogen-bond donors (Lipinski definition) is 0. The van der Waals surface area contributed by atoms with Gasteiger partial charge in [-0.1, -0.05) is 18.2 Å². The van der Waals surface area contributed by atoms with E-state index < -0.39 is 0 Å². The lowest BCUT2D eigenvalue weighted by atomic mass is 10.2. The van der Waals surface area contributed by atoms with Crippen LogP contribution in [0.3, 0.4) is 0 Å². The number of benzene rings is 1. The molecule has 1 aromatic carbocycles. The average Bonchev–Trinajstić information content (AvgIpc) is 2.49. The van der Waals surface area contributed by atoms with Gasteiger partial charge < -0.3 is 19.1 Å². The fourth-order valence-corrected chi connectivity index (χ4v) is 1.84. The number of halogens is 1. The van der Waals surface area contributed by atoms with E-state index in [1.165, 1.54) is 0 Å². The van der Waals surface area contributed by atoms with E-state index >= 15 is 0 Å². The van der Waals surface area contributed by atoms with Crippen LogP contribution in [0.5, 0.6) is 0 Å². The van der Waals surface area contributed by atoms with Crippen molar-refractivity contribution >= 4 is 18.1 Å². The van der Waals surface area contributed by atoms with Crippen molar-refractivity contribution in [1.82, 2.24) is 0 Å². The van der Waals surface area contributed by atoms with E-state index in [4.69, 9.17) is 25.0 Å². The largest absolute Gasteiger partial charge is 0.359 e. The maximum Gasteiger partial charge on any atom is 0.174 e. The highest BCUT2D eigenvalue weighted by atomic mass is 35.5. The molecule has 0 bridgehead atoms. The monoisotopic (exact) mass is 287 g/mol. The van der Waals surface area contributed by atoms with Crippen LogP contribution < -0.4 is 4.90 Å². The number of ether oxygens (including phenoxy) is 3. The van der Waals surface area contributed by atoms with Gasteiger partial charge in [-0.25, -0.2) is 0 Å². The molecule has 0 aromatic heterocycles. The van der Waals surface area contributed by atoms with Crippen LogP contribution >= 0.6 is 12.4 Å². The lowest BCUT2D eigenvalue weighted by molar-refractivity contribution is -0.164. The van der Waals surface area contributed by atoms with Crippen LogP contribution in [0.15, 0.2) is 30.3 Å². The molecule has 0 radical (unpaired) electrons. The van der Waals surface area contributed by atoms with Crippen molar-refractivity contribution in [1.29, 1.82) is 10.8 Å². The summed E-state index contributed by atoms with van der Waals surface area (Å²) >= 11 is 0.